The molecule has 3 N–H and O–H groups in total. The molecule has 4 rings (SSSR count). The van der Waals surface area contributed by atoms with Gasteiger partial charge in [0.15, 0.2) is 0 Å². The van der Waals surface area contributed by atoms with Crippen molar-refractivity contribution in [2.75, 3.05) is 11.1 Å². The molecule has 0 saturated heterocycles. The van der Waals surface area contributed by atoms with E-state index in [2.05, 4.69) is 16.5 Å². The van der Waals surface area contributed by atoms with Crippen LogP contribution in [0, 0.1) is 11.3 Å². The zero-order valence-corrected chi connectivity index (χ0v) is 16.1. The lowest BCUT2D eigenvalue weighted by molar-refractivity contribution is 0.100. The van der Waals surface area contributed by atoms with Crippen LogP contribution in [0.25, 0.3) is 11.3 Å². The van der Waals surface area contributed by atoms with Gasteiger partial charge in [0.05, 0.1) is 5.69 Å². The van der Waals surface area contributed by atoms with Crippen molar-refractivity contribution in [3.05, 3.63) is 88.5 Å². The van der Waals surface area contributed by atoms with Crippen molar-refractivity contribution in [2.45, 2.75) is 6.54 Å². The summed E-state index contributed by atoms with van der Waals surface area (Å²) in [6.07, 6.45) is 0. The Morgan fingerprint density at radius 2 is 1.83 bits per heavy atom. The molecule has 142 valence electrons. The van der Waals surface area contributed by atoms with Crippen molar-refractivity contribution < 1.29 is 9.32 Å². The zero-order valence-electron chi connectivity index (χ0n) is 15.3. The van der Waals surface area contributed by atoms with Crippen molar-refractivity contribution in [3.63, 3.8) is 0 Å². The van der Waals surface area contributed by atoms with E-state index in [4.69, 9.17) is 10.3 Å². The van der Waals surface area contributed by atoms with Crippen LogP contribution in [0.4, 0.5) is 10.7 Å². The Balaban J connectivity index is 1.60. The number of nitrogen functional groups attached to an aromatic ring is 1. The fourth-order valence-electron chi connectivity index (χ4n) is 2.87. The first-order chi connectivity index (χ1) is 14.2. The monoisotopic (exact) mass is 400 g/mol. The third-order valence-corrected chi connectivity index (χ3v) is 5.52. The second-order valence-corrected chi connectivity index (χ2v) is 7.29. The van der Waals surface area contributed by atoms with E-state index < -0.39 is 5.78 Å². The summed E-state index contributed by atoms with van der Waals surface area (Å²) in [6, 6.07) is 22.8. The highest BCUT2D eigenvalue weighted by atomic mass is 32.1. The topological polar surface area (TPSA) is 105 Å². The predicted molar refractivity (Wildman–Crippen MR) is 113 cm³/mol. The Kier molecular flexibility index (Phi) is 5.10. The van der Waals surface area contributed by atoms with Crippen LogP contribution >= 0.6 is 11.3 Å². The molecule has 0 amide bonds. The lowest BCUT2D eigenvalue weighted by atomic mass is 10.1. The molecule has 0 aliphatic rings. The molecule has 2 aromatic heterocycles. The molecule has 0 fully saturated rings. The zero-order chi connectivity index (χ0) is 20.2. The lowest BCUT2D eigenvalue weighted by Crippen LogP contribution is -2.01. The minimum Gasteiger partial charge on any atom is -0.396 e. The summed E-state index contributed by atoms with van der Waals surface area (Å²) < 4.78 is 5.25. The van der Waals surface area contributed by atoms with Crippen LogP contribution in [0.5, 0.6) is 0 Å². The van der Waals surface area contributed by atoms with Gasteiger partial charge in [0.25, 0.3) is 0 Å². The number of hydrogen-bond acceptors (Lipinski definition) is 7. The normalized spacial score (nSPS) is 10.4. The highest BCUT2D eigenvalue weighted by Crippen LogP contribution is 2.37. The van der Waals surface area contributed by atoms with Gasteiger partial charge < -0.3 is 15.6 Å². The van der Waals surface area contributed by atoms with E-state index in [-0.39, 0.29) is 21.9 Å². The molecular formula is C22H16N4O2S. The van der Waals surface area contributed by atoms with Gasteiger partial charge in [-0.2, -0.15) is 5.26 Å². The van der Waals surface area contributed by atoms with Crippen LogP contribution in [0.2, 0.25) is 0 Å². The van der Waals surface area contributed by atoms with Gasteiger partial charge in [-0.15, -0.1) is 11.3 Å². The number of carbonyl (C=O) groups is 1. The van der Waals surface area contributed by atoms with E-state index in [9.17, 15) is 10.1 Å². The van der Waals surface area contributed by atoms with E-state index in [1.165, 1.54) is 0 Å². The fraction of sp³-hybridized carbons (Fsp3) is 0.0455. The number of thiophene rings is 1. The standard InChI is InChI=1S/C22H16N4O2S/c23-12-16-19(24)21(29-22(16)25-13-14-7-3-1-4-8-14)20(27)18-11-17(26-28-18)15-9-5-2-6-10-15/h1-11,25H,13,24H2. The van der Waals surface area contributed by atoms with Crippen LogP contribution < -0.4 is 11.1 Å². The number of hydrogen-bond donors (Lipinski definition) is 2. The first-order valence-electron chi connectivity index (χ1n) is 8.84. The van der Waals surface area contributed by atoms with Gasteiger partial charge in [-0.25, -0.2) is 0 Å². The molecular weight excluding hydrogens is 384 g/mol. The van der Waals surface area contributed by atoms with Crippen molar-refractivity contribution in [3.8, 4) is 17.3 Å². The average Bonchev–Trinajstić information content (AvgIpc) is 3.38. The SMILES string of the molecule is N#Cc1c(NCc2ccccc2)sc(C(=O)c2cc(-c3ccccc3)no2)c1N. The second-order valence-electron chi connectivity index (χ2n) is 6.27. The molecule has 2 aromatic carbocycles. The number of nitrogens with two attached hydrogens (primary N) is 1. The van der Waals surface area contributed by atoms with E-state index in [1.807, 2.05) is 60.7 Å². The van der Waals surface area contributed by atoms with E-state index in [0.29, 0.717) is 17.2 Å². The smallest absolute Gasteiger partial charge is 0.243 e. The summed E-state index contributed by atoms with van der Waals surface area (Å²) in [5.74, 6) is -0.317. The minimum atomic E-state index is -0.397. The van der Waals surface area contributed by atoms with E-state index >= 15 is 0 Å². The average molecular weight is 400 g/mol. The maximum Gasteiger partial charge on any atom is 0.243 e. The quantitative estimate of drug-likeness (QED) is 0.455. The van der Waals surface area contributed by atoms with Crippen LogP contribution in [0.3, 0.4) is 0 Å². The Morgan fingerprint density at radius 1 is 1.14 bits per heavy atom. The van der Waals surface area contributed by atoms with Crippen molar-refractivity contribution in [1.29, 1.82) is 5.26 Å². The number of carbonyl (C=O) groups excluding carboxylic acids is 1. The number of ketones is 1. The summed E-state index contributed by atoms with van der Waals surface area (Å²) in [4.78, 5) is 13.2. The molecule has 0 aliphatic carbocycles. The molecule has 2 heterocycles. The maximum absolute atomic E-state index is 12.9. The van der Waals surface area contributed by atoms with Gasteiger partial charge in [-0.3, -0.25) is 4.79 Å². The Hall–Kier alpha value is -3.89. The molecule has 0 aliphatic heterocycles. The fourth-order valence-corrected chi connectivity index (χ4v) is 3.88. The van der Waals surface area contributed by atoms with Gasteiger partial charge in [0.1, 0.15) is 27.2 Å². The summed E-state index contributed by atoms with van der Waals surface area (Å²) >= 11 is 1.14. The third kappa shape index (κ3) is 3.74. The summed E-state index contributed by atoms with van der Waals surface area (Å²) in [6.45, 7) is 0.517. The van der Waals surface area contributed by atoms with Crippen LogP contribution in [0.15, 0.2) is 71.3 Å². The van der Waals surface area contributed by atoms with Crippen molar-refractivity contribution in [2.24, 2.45) is 0 Å². The Labute approximate surface area is 171 Å². The van der Waals surface area contributed by atoms with Crippen LogP contribution in [-0.2, 0) is 6.54 Å². The third-order valence-electron chi connectivity index (χ3n) is 4.36. The highest BCUT2D eigenvalue weighted by Gasteiger charge is 2.25. The summed E-state index contributed by atoms with van der Waals surface area (Å²) in [5, 5.41) is 17.2. The Bertz CT molecular complexity index is 1190. The minimum absolute atomic E-state index is 0.0795. The molecule has 29 heavy (non-hydrogen) atoms. The molecule has 0 spiro atoms. The van der Waals surface area contributed by atoms with Gasteiger partial charge in [-0.1, -0.05) is 65.8 Å². The molecule has 6 nitrogen and oxygen atoms in total. The van der Waals surface area contributed by atoms with Gasteiger partial charge >= 0.3 is 0 Å². The Morgan fingerprint density at radius 3 is 2.52 bits per heavy atom. The van der Waals surface area contributed by atoms with Gasteiger partial charge in [0.2, 0.25) is 11.5 Å². The van der Waals surface area contributed by atoms with Crippen molar-refractivity contribution in [1.82, 2.24) is 5.16 Å². The number of nitrogens with zero attached hydrogens (tertiary/aromatic N) is 2. The summed E-state index contributed by atoms with van der Waals surface area (Å²) in [7, 11) is 0. The number of anilines is 2. The molecule has 0 saturated carbocycles. The summed E-state index contributed by atoms with van der Waals surface area (Å²) in [5.41, 5.74) is 8.98. The van der Waals surface area contributed by atoms with Gasteiger partial charge in [-0.05, 0) is 5.56 Å². The molecule has 0 unspecified atom stereocenters. The van der Waals surface area contributed by atoms with Crippen LogP contribution in [-0.4, -0.2) is 10.9 Å². The second kappa shape index (κ2) is 8.00. The van der Waals surface area contributed by atoms with Crippen LogP contribution in [0.1, 0.15) is 26.6 Å². The molecule has 0 atom stereocenters. The number of rotatable bonds is 6. The molecule has 0 bridgehead atoms. The molecule has 7 heteroatoms. The lowest BCUT2D eigenvalue weighted by Gasteiger charge is -2.04. The van der Waals surface area contributed by atoms with Crippen molar-refractivity contribution >= 4 is 27.8 Å². The number of benzene rings is 2. The number of nitriles is 1. The first kappa shape index (κ1) is 18.5. The molecule has 4 aromatic rings. The number of aromatic nitrogens is 1. The first-order valence-corrected chi connectivity index (χ1v) is 9.66. The van der Waals surface area contributed by atoms with E-state index in [0.717, 1.165) is 22.5 Å². The largest absolute Gasteiger partial charge is 0.396 e. The predicted octanol–water partition coefficient (Wildman–Crippen LogP) is 4.70. The number of nitrogens with one attached hydrogen (secondary N) is 1. The van der Waals surface area contributed by atoms with Gasteiger partial charge in [0, 0.05) is 18.2 Å². The maximum atomic E-state index is 12.9. The van der Waals surface area contributed by atoms with E-state index in [1.54, 1.807) is 6.07 Å². The molecule has 0 radical (unpaired) electrons. The highest BCUT2D eigenvalue weighted by molar-refractivity contribution is 7.19.